The topological polar surface area (TPSA) is 37.3 Å². The van der Waals surface area contributed by atoms with Gasteiger partial charge in [-0.3, -0.25) is 4.79 Å². The Morgan fingerprint density at radius 1 is 1.39 bits per heavy atom. The van der Waals surface area contributed by atoms with Crippen molar-refractivity contribution < 1.29 is 9.90 Å². The number of allylic oxidation sites excluding steroid dienone is 2. The van der Waals surface area contributed by atoms with Crippen LogP contribution < -0.4 is 0 Å². The second-order valence-corrected chi connectivity index (χ2v) is 5.58. The van der Waals surface area contributed by atoms with E-state index in [2.05, 4.69) is 6.92 Å². The molecule has 0 saturated carbocycles. The zero-order chi connectivity index (χ0) is 12.9. The maximum Gasteiger partial charge on any atom is 0.159 e. The maximum atomic E-state index is 12.1. The van der Waals surface area contributed by atoms with E-state index in [1.807, 2.05) is 19.1 Å². The van der Waals surface area contributed by atoms with Crippen LogP contribution in [0.25, 0.3) is 5.57 Å². The van der Waals surface area contributed by atoms with Crippen LogP contribution in [0.3, 0.4) is 0 Å². The van der Waals surface area contributed by atoms with Gasteiger partial charge in [0.25, 0.3) is 0 Å². The number of ketones is 1. The van der Waals surface area contributed by atoms with Gasteiger partial charge in [-0.1, -0.05) is 13.0 Å². The van der Waals surface area contributed by atoms with Gasteiger partial charge in [0.2, 0.25) is 0 Å². The van der Waals surface area contributed by atoms with E-state index in [1.165, 1.54) is 16.7 Å². The molecule has 1 aromatic carbocycles. The van der Waals surface area contributed by atoms with E-state index in [9.17, 15) is 9.90 Å². The molecule has 0 spiro atoms. The lowest BCUT2D eigenvalue weighted by Crippen LogP contribution is -2.25. The minimum absolute atomic E-state index is 0.0607. The number of aromatic hydroxyl groups is 1. The summed E-state index contributed by atoms with van der Waals surface area (Å²) in [6.45, 7) is 4.13. The number of fused-ring (bicyclic) bond motifs is 3. The third-order valence-corrected chi connectivity index (χ3v) is 4.73. The highest BCUT2D eigenvalue weighted by Crippen LogP contribution is 2.55. The molecule has 0 heterocycles. The molecule has 2 aliphatic carbocycles. The number of carbonyl (C=O) groups is 1. The van der Waals surface area contributed by atoms with E-state index in [0.29, 0.717) is 18.0 Å². The van der Waals surface area contributed by atoms with E-state index in [-0.39, 0.29) is 5.41 Å². The van der Waals surface area contributed by atoms with Gasteiger partial charge in [-0.05, 0) is 60.6 Å². The minimum atomic E-state index is 0.0607. The van der Waals surface area contributed by atoms with Gasteiger partial charge in [-0.25, -0.2) is 0 Å². The molecule has 1 atom stereocenters. The predicted octanol–water partition coefficient (Wildman–Crippen LogP) is 3.48. The molecule has 1 aromatic rings. The normalized spacial score (nSPS) is 26.2. The van der Waals surface area contributed by atoms with Gasteiger partial charge in [-0.2, -0.15) is 0 Å². The average molecular weight is 242 g/mol. The first-order chi connectivity index (χ1) is 8.57. The molecule has 18 heavy (non-hydrogen) atoms. The van der Waals surface area contributed by atoms with Crippen molar-refractivity contribution in [2.45, 2.75) is 39.5 Å². The standard InChI is InChI=1S/C16H18O2/c1-3-16-7-6-11-8-12(17)4-5-13(11)15(16)10(2)14(18)9-16/h4-5,8,17H,3,6-7,9H2,1-2H3. The molecule has 1 unspecified atom stereocenters. The van der Waals surface area contributed by atoms with E-state index in [0.717, 1.165) is 24.8 Å². The number of hydrogen-bond donors (Lipinski definition) is 1. The van der Waals surface area contributed by atoms with E-state index in [1.54, 1.807) is 6.07 Å². The smallest absolute Gasteiger partial charge is 0.159 e. The molecule has 0 amide bonds. The fourth-order valence-corrected chi connectivity index (χ4v) is 3.65. The third-order valence-electron chi connectivity index (χ3n) is 4.73. The molecule has 0 aliphatic heterocycles. The summed E-state index contributed by atoms with van der Waals surface area (Å²) in [5.74, 6) is 0.619. The Hall–Kier alpha value is -1.57. The number of rotatable bonds is 1. The van der Waals surface area contributed by atoms with Gasteiger partial charge in [0.05, 0.1) is 0 Å². The summed E-state index contributed by atoms with van der Waals surface area (Å²) >= 11 is 0. The van der Waals surface area contributed by atoms with Gasteiger partial charge >= 0.3 is 0 Å². The van der Waals surface area contributed by atoms with Crippen molar-refractivity contribution in [1.82, 2.24) is 0 Å². The molecular formula is C16H18O2. The highest BCUT2D eigenvalue weighted by atomic mass is 16.3. The summed E-state index contributed by atoms with van der Waals surface area (Å²) in [6, 6.07) is 5.55. The number of aryl methyl sites for hydroxylation is 1. The first kappa shape index (κ1) is 11.5. The van der Waals surface area contributed by atoms with Crippen LogP contribution in [0.5, 0.6) is 5.75 Å². The second-order valence-electron chi connectivity index (χ2n) is 5.58. The van der Waals surface area contributed by atoms with Crippen LogP contribution in [-0.2, 0) is 11.2 Å². The Balaban J connectivity index is 2.25. The summed E-state index contributed by atoms with van der Waals surface area (Å²) in [5, 5.41) is 9.59. The molecule has 1 N–H and O–H groups in total. The summed E-state index contributed by atoms with van der Waals surface area (Å²) in [6.07, 6.45) is 3.68. The number of benzene rings is 1. The third kappa shape index (κ3) is 1.38. The fourth-order valence-electron chi connectivity index (χ4n) is 3.65. The Morgan fingerprint density at radius 3 is 2.89 bits per heavy atom. The molecule has 0 saturated heterocycles. The number of phenolic OH excluding ortho intramolecular Hbond substituents is 1. The van der Waals surface area contributed by atoms with Gasteiger partial charge in [-0.15, -0.1) is 0 Å². The predicted molar refractivity (Wildman–Crippen MR) is 71.4 cm³/mol. The van der Waals surface area contributed by atoms with Crippen LogP contribution in [0.2, 0.25) is 0 Å². The number of Topliss-reactive ketones (excluding diaryl/α,β-unsaturated/α-hetero) is 1. The van der Waals surface area contributed by atoms with Crippen molar-refractivity contribution in [3.63, 3.8) is 0 Å². The summed E-state index contributed by atoms with van der Waals surface area (Å²) < 4.78 is 0. The molecule has 2 nitrogen and oxygen atoms in total. The minimum Gasteiger partial charge on any atom is -0.508 e. The van der Waals surface area contributed by atoms with Gasteiger partial charge < -0.3 is 5.11 Å². The number of phenols is 1. The van der Waals surface area contributed by atoms with Gasteiger partial charge in [0.1, 0.15) is 5.75 Å². The Bertz CT molecular complexity index is 568. The highest BCUT2D eigenvalue weighted by Gasteiger charge is 2.45. The van der Waals surface area contributed by atoms with Crippen molar-refractivity contribution in [1.29, 1.82) is 0 Å². The molecule has 0 bridgehead atoms. The number of hydrogen-bond acceptors (Lipinski definition) is 2. The quantitative estimate of drug-likeness (QED) is 0.818. The zero-order valence-electron chi connectivity index (χ0n) is 10.9. The SMILES string of the molecule is CCC12CCc3cc(O)ccc3C1=C(C)C(=O)C2. The Kier molecular flexibility index (Phi) is 2.37. The van der Waals surface area contributed by atoms with Crippen LogP contribution in [0.15, 0.2) is 23.8 Å². The molecular weight excluding hydrogens is 224 g/mol. The highest BCUT2D eigenvalue weighted by molar-refractivity contribution is 6.09. The Morgan fingerprint density at radius 2 is 2.17 bits per heavy atom. The van der Waals surface area contributed by atoms with Crippen LogP contribution in [0.1, 0.15) is 44.2 Å². The maximum absolute atomic E-state index is 12.1. The molecule has 0 radical (unpaired) electrons. The van der Waals surface area contributed by atoms with Crippen molar-refractivity contribution >= 4 is 11.4 Å². The lowest BCUT2D eigenvalue weighted by Gasteiger charge is -2.36. The average Bonchev–Trinajstić information content (AvgIpc) is 2.62. The van der Waals surface area contributed by atoms with Gasteiger partial charge in [0.15, 0.2) is 5.78 Å². The monoisotopic (exact) mass is 242 g/mol. The molecule has 0 fully saturated rings. The van der Waals surface area contributed by atoms with E-state index < -0.39 is 0 Å². The zero-order valence-corrected chi connectivity index (χ0v) is 10.9. The second kappa shape index (κ2) is 3.71. The molecule has 0 aromatic heterocycles. The molecule has 94 valence electrons. The van der Waals surface area contributed by atoms with Crippen molar-refractivity contribution in [2.75, 3.05) is 0 Å². The van der Waals surface area contributed by atoms with Gasteiger partial charge in [0, 0.05) is 11.8 Å². The van der Waals surface area contributed by atoms with Crippen molar-refractivity contribution in [3.8, 4) is 5.75 Å². The lowest BCUT2D eigenvalue weighted by molar-refractivity contribution is -0.116. The molecule has 3 rings (SSSR count). The van der Waals surface area contributed by atoms with Crippen molar-refractivity contribution in [2.24, 2.45) is 5.41 Å². The van der Waals surface area contributed by atoms with Crippen LogP contribution >= 0.6 is 0 Å². The fraction of sp³-hybridized carbons (Fsp3) is 0.438. The van der Waals surface area contributed by atoms with E-state index in [4.69, 9.17) is 0 Å². The van der Waals surface area contributed by atoms with Crippen LogP contribution in [0.4, 0.5) is 0 Å². The van der Waals surface area contributed by atoms with Crippen LogP contribution in [-0.4, -0.2) is 10.9 Å². The first-order valence-electron chi connectivity index (χ1n) is 6.64. The summed E-state index contributed by atoms with van der Waals surface area (Å²) in [4.78, 5) is 12.1. The van der Waals surface area contributed by atoms with E-state index >= 15 is 0 Å². The summed E-state index contributed by atoms with van der Waals surface area (Å²) in [5.41, 5.74) is 4.61. The Labute approximate surface area is 107 Å². The summed E-state index contributed by atoms with van der Waals surface area (Å²) in [7, 11) is 0. The number of carbonyl (C=O) groups excluding carboxylic acids is 1. The first-order valence-corrected chi connectivity index (χ1v) is 6.64. The van der Waals surface area contributed by atoms with Crippen LogP contribution in [0, 0.1) is 5.41 Å². The largest absolute Gasteiger partial charge is 0.508 e. The molecule has 2 heteroatoms. The van der Waals surface area contributed by atoms with Crippen molar-refractivity contribution in [3.05, 3.63) is 34.9 Å². The molecule has 2 aliphatic rings. The lowest BCUT2D eigenvalue weighted by atomic mass is 9.67.